The second kappa shape index (κ2) is 8.62. The Hall–Kier alpha value is -2.01. The molecule has 2 atom stereocenters. The lowest BCUT2D eigenvalue weighted by Crippen LogP contribution is -2.63. The van der Waals surface area contributed by atoms with Gasteiger partial charge in [0.2, 0.25) is 0 Å². The molecule has 1 fully saturated rings. The summed E-state index contributed by atoms with van der Waals surface area (Å²) in [5, 5.41) is 2.77. The SMILES string of the molecule is CCOC(=O)C1(CC)C(C(F)(F)F)N(c2ccccc2C(F)(F)F)N(CC)N1CC. The first-order valence-corrected chi connectivity index (χ1v) is 9.66. The van der Waals surface area contributed by atoms with Crippen molar-refractivity contribution in [1.82, 2.24) is 10.1 Å². The molecular weight excluding hydrogens is 416 g/mol. The highest BCUT2D eigenvalue weighted by Gasteiger charge is 2.70. The first kappa shape index (κ1) is 24.3. The lowest BCUT2D eigenvalue weighted by molar-refractivity contribution is -0.189. The van der Waals surface area contributed by atoms with Gasteiger partial charge < -0.3 is 4.74 Å². The molecule has 1 saturated heterocycles. The predicted octanol–water partition coefficient (Wildman–Crippen LogP) is 4.64. The van der Waals surface area contributed by atoms with Crippen molar-refractivity contribution in [2.75, 3.05) is 24.7 Å². The van der Waals surface area contributed by atoms with Crippen molar-refractivity contribution < 1.29 is 35.9 Å². The van der Waals surface area contributed by atoms with E-state index in [4.69, 9.17) is 4.74 Å². The number of halogens is 6. The summed E-state index contributed by atoms with van der Waals surface area (Å²) in [5.74, 6) is -1.12. The van der Waals surface area contributed by atoms with Gasteiger partial charge in [0, 0.05) is 13.1 Å². The first-order valence-electron chi connectivity index (χ1n) is 9.66. The molecule has 0 saturated carbocycles. The van der Waals surface area contributed by atoms with Crippen LogP contribution in [-0.2, 0) is 15.7 Å². The Morgan fingerprint density at radius 1 is 1.03 bits per heavy atom. The highest BCUT2D eigenvalue weighted by molar-refractivity contribution is 5.84. The number of hydrogen-bond acceptors (Lipinski definition) is 5. The van der Waals surface area contributed by atoms with Gasteiger partial charge in [-0.3, -0.25) is 5.01 Å². The number of nitrogens with zero attached hydrogens (tertiary/aromatic N) is 3. The molecule has 1 aromatic rings. The van der Waals surface area contributed by atoms with Crippen LogP contribution in [-0.4, -0.2) is 53.5 Å². The highest BCUT2D eigenvalue weighted by Crippen LogP contribution is 2.50. The Balaban J connectivity index is 2.87. The van der Waals surface area contributed by atoms with Crippen LogP contribution in [0.1, 0.15) is 39.7 Å². The third-order valence-electron chi connectivity index (χ3n) is 5.20. The van der Waals surface area contributed by atoms with Crippen molar-refractivity contribution in [3.63, 3.8) is 0 Å². The van der Waals surface area contributed by atoms with E-state index in [0.29, 0.717) is 5.01 Å². The second-order valence-electron chi connectivity index (χ2n) is 6.71. The molecule has 0 aromatic heterocycles. The van der Waals surface area contributed by atoms with Gasteiger partial charge in [-0.2, -0.15) is 31.5 Å². The van der Waals surface area contributed by atoms with Gasteiger partial charge in [0.15, 0.2) is 11.6 Å². The second-order valence-corrected chi connectivity index (χ2v) is 6.71. The molecule has 1 aromatic carbocycles. The van der Waals surface area contributed by atoms with Gasteiger partial charge in [0.1, 0.15) is 0 Å². The summed E-state index contributed by atoms with van der Waals surface area (Å²) < 4.78 is 89.3. The smallest absolute Gasteiger partial charge is 0.418 e. The number of likely N-dealkylation sites (N-methyl/N-ethyl adjacent to an activating group) is 1. The monoisotopic (exact) mass is 441 g/mol. The summed E-state index contributed by atoms with van der Waals surface area (Å²) in [7, 11) is 0. The van der Waals surface area contributed by atoms with Gasteiger partial charge in [0.25, 0.3) is 0 Å². The van der Waals surface area contributed by atoms with E-state index >= 15 is 0 Å². The van der Waals surface area contributed by atoms with Crippen LogP contribution in [0.3, 0.4) is 0 Å². The number of esters is 1. The number of alkyl halides is 6. The standard InChI is InChI=1S/C19H25F6N3O2/c1-5-17(16(29)30-8-4)15(19(23,24)25)28(27(7-3)26(17)6-2)14-12-10-9-11-13(14)18(20,21)22/h9-12,15H,5-8H2,1-4H3. The van der Waals surface area contributed by atoms with Crippen molar-refractivity contribution in [3.8, 4) is 0 Å². The molecule has 0 aliphatic carbocycles. The molecule has 1 aliphatic heterocycles. The van der Waals surface area contributed by atoms with Crippen LogP contribution in [0.2, 0.25) is 0 Å². The molecule has 0 spiro atoms. The summed E-state index contributed by atoms with van der Waals surface area (Å²) in [6.45, 7) is 5.61. The fourth-order valence-electron chi connectivity index (χ4n) is 4.15. The Labute approximate surface area is 171 Å². The minimum absolute atomic E-state index is 0.0439. The summed E-state index contributed by atoms with van der Waals surface area (Å²) in [4.78, 5) is 12.9. The zero-order valence-electron chi connectivity index (χ0n) is 17.1. The molecule has 170 valence electrons. The predicted molar refractivity (Wildman–Crippen MR) is 98.2 cm³/mol. The number of hydrogen-bond donors (Lipinski definition) is 0. The van der Waals surface area contributed by atoms with Gasteiger partial charge in [-0.25, -0.2) is 9.80 Å². The quantitative estimate of drug-likeness (QED) is 0.475. The molecule has 0 radical (unpaired) electrons. The van der Waals surface area contributed by atoms with E-state index in [9.17, 15) is 31.1 Å². The van der Waals surface area contributed by atoms with E-state index in [1.54, 1.807) is 6.92 Å². The van der Waals surface area contributed by atoms with Crippen molar-refractivity contribution in [2.45, 2.75) is 58.0 Å². The van der Waals surface area contributed by atoms with Gasteiger partial charge in [0.05, 0.1) is 17.9 Å². The maximum atomic E-state index is 14.4. The van der Waals surface area contributed by atoms with Crippen LogP contribution in [0.5, 0.6) is 0 Å². The van der Waals surface area contributed by atoms with Gasteiger partial charge in [-0.1, -0.05) is 26.0 Å². The Kier molecular flexibility index (Phi) is 6.97. The molecule has 0 amide bonds. The summed E-state index contributed by atoms with van der Waals surface area (Å²) in [5.41, 5.74) is -4.13. The number of hydrazine groups is 2. The van der Waals surface area contributed by atoms with Gasteiger partial charge in [-0.05, 0) is 32.4 Å². The van der Waals surface area contributed by atoms with E-state index in [1.165, 1.54) is 26.8 Å². The van der Waals surface area contributed by atoms with Crippen LogP contribution in [0.25, 0.3) is 0 Å². The van der Waals surface area contributed by atoms with E-state index in [1.807, 2.05) is 0 Å². The van der Waals surface area contributed by atoms with Crippen molar-refractivity contribution >= 4 is 11.7 Å². The molecule has 2 unspecified atom stereocenters. The summed E-state index contributed by atoms with van der Waals surface area (Å²) in [6.07, 6.45) is -10.2. The number of para-hydroxylation sites is 1. The molecule has 5 nitrogen and oxygen atoms in total. The Bertz CT molecular complexity index is 755. The maximum Gasteiger partial charge on any atom is 0.418 e. The summed E-state index contributed by atoms with van der Waals surface area (Å²) in [6, 6.07) is 1.48. The zero-order valence-corrected chi connectivity index (χ0v) is 17.1. The van der Waals surface area contributed by atoms with E-state index in [2.05, 4.69) is 0 Å². The lowest BCUT2D eigenvalue weighted by atomic mass is 9.85. The average Bonchev–Trinajstić information content (AvgIpc) is 2.98. The first-order chi connectivity index (χ1) is 13.9. The highest BCUT2D eigenvalue weighted by atomic mass is 19.4. The maximum absolute atomic E-state index is 14.4. The van der Waals surface area contributed by atoms with E-state index in [-0.39, 0.29) is 26.1 Å². The lowest BCUT2D eigenvalue weighted by Gasteiger charge is -2.38. The van der Waals surface area contributed by atoms with E-state index < -0.39 is 41.2 Å². The third kappa shape index (κ3) is 3.84. The van der Waals surface area contributed by atoms with E-state index in [0.717, 1.165) is 28.3 Å². The molecule has 2 rings (SSSR count). The largest absolute Gasteiger partial charge is 0.465 e. The molecule has 0 N–H and O–H groups in total. The van der Waals surface area contributed by atoms with Gasteiger partial charge >= 0.3 is 18.3 Å². The number of anilines is 1. The molecule has 11 heteroatoms. The minimum Gasteiger partial charge on any atom is -0.465 e. The van der Waals surface area contributed by atoms with Crippen LogP contribution in [0, 0.1) is 0 Å². The topological polar surface area (TPSA) is 36.0 Å². The van der Waals surface area contributed by atoms with Crippen LogP contribution in [0.15, 0.2) is 24.3 Å². The number of carbonyl (C=O) groups is 1. The molecule has 1 heterocycles. The normalized spacial score (nSPS) is 23.8. The fraction of sp³-hybridized carbons (Fsp3) is 0.632. The molecule has 1 aliphatic rings. The number of rotatable bonds is 6. The zero-order chi connectivity index (χ0) is 22.9. The van der Waals surface area contributed by atoms with Crippen LogP contribution < -0.4 is 5.01 Å². The van der Waals surface area contributed by atoms with Crippen molar-refractivity contribution in [2.24, 2.45) is 0 Å². The van der Waals surface area contributed by atoms with Crippen molar-refractivity contribution in [1.29, 1.82) is 0 Å². The fourth-order valence-corrected chi connectivity index (χ4v) is 4.15. The number of benzene rings is 1. The molecule has 30 heavy (non-hydrogen) atoms. The Morgan fingerprint density at radius 3 is 2.07 bits per heavy atom. The minimum atomic E-state index is -5.03. The summed E-state index contributed by atoms with van der Waals surface area (Å²) >= 11 is 0. The van der Waals surface area contributed by atoms with Gasteiger partial charge in [-0.15, -0.1) is 0 Å². The third-order valence-corrected chi connectivity index (χ3v) is 5.20. The average molecular weight is 441 g/mol. The van der Waals surface area contributed by atoms with Crippen LogP contribution >= 0.6 is 0 Å². The molecular formula is C19H25F6N3O2. The van der Waals surface area contributed by atoms with Crippen LogP contribution in [0.4, 0.5) is 32.0 Å². The number of ether oxygens (including phenoxy) is 1. The Morgan fingerprint density at radius 2 is 1.63 bits per heavy atom. The van der Waals surface area contributed by atoms with Crippen molar-refractivity contribution in [3.05, 3.63) is 29.8 Å². The molecule has 0 bridgehead atoms. The number of carbonyl (C=O) groups excluding carboxylic acids is 1.